The zero-order chi connectivity index (χ0) is 14.3. The van der Waals surface area contributed by atoms with Crippen LogP contribution < -0.4 is 5.32 Å². The van der Waals surface area contributed by atoms with Gasteiger partial charge in [0.1, 0.15) is 6.04 Å². The highest BCUT2D eigenvalue weighted by molar-refractivity contribution is 7.99. The van der Waals surface area contributed by atoms with E-state index in [1.807, 2.05) is 38.1 Å². The number of ether oxygens (including phenoxy) is 1. The van der Waals surface area contributed by atoms with Gasteiger partial charge in [0.2, 0.25) is 0 Å². The molecule has 106 valence electrons. The standard InChI is InChI=1S/C14H20ClNO2S/c1-10(2)16-12(14(17)18-3)8-9-19-13-7-5-4-6-11(13)15/h4-7,10,12,16H,8-9H2,1-3H3. The molecule has 0 amide bonds. The van der Waals surface area contributed by atoms with Gasteiger partial charge in [-0.25, -0.2) is 0 Å². The number of carbonyl (C=O) groups excluding carboxylic acids is 1. The van der Waals surface area contributed by atoms with Gasteiger partial charge in [0, 0.05) is 16.7 Å². The number of thioether (sulfide) groups is 1. The third kappa shape index (κ3) is 5.85. The molecule has 0 aliphatic rings. The van der Waals surface area contributed by atoms with Gasteiger partial charge in [-0.05, 0) is 18.6 Å². The number of esters is 1. The molecule has 0 spiro atoms. The van der Waals surface area contributed by atoms with Crippen molar-refractivity contribution in [3.8, 4) is 0 Å². The van der Waals surface area contributed by atoms with E-state index in [2.05, 4.69) is 5.32 Å². The van der Waals surface area contributed by atoms with Crippen LogP contribution in [0.15, 0.2) is 29.2 Å². The van der Waals surface area contributed by atoms with Crippen molar-refractivity contribution in [3.63, 3.8) is 0 Å². The van der Waals surface area contributed by atoms with Gasteiger partial charge in [0.05, 0.1) is 12.1 Å². The summed E-state index contributed by atoms with van der Waals surface area (Å²) in [5, 5.41) is 3.96. The Kier molecular flexibility index (Phi) is 7.28. The molecular formula is C14H20ClNO2S. The van der Waals surface area contributed by atoms with Gasteiger partial charge < -0.3 is 10.1 Å². The van der Waals surface area contributed by atoms with Gasteiger partial charge in [0.25, 0.3) is 0 Å². The van der Waals surface area contributed by atoms with Gasteiger partial charge in [-0.2, -0.15) is 0 Å². The topological polar surface area (TPSA) is 38.3 Å². The van der Waals surface area contributed by atoms with Gasteiger partial charge >= 0.3 is 5.97 Å². The number of rotatable bonds is 7. The molecule has 0 heterocycles. The molecule has 0 saturated carbocycles. The van der Waals surface area contributed by atoms with Crippen LogP contribution in [0.4, 0.5) is 0 Å². The first-order chi connectivity index (χ1) is 9.04. The summed E-state index contributed by atoms with van der Waals surface area (Å²) in [4.78, 5) is 12.7. The van der Waals surface area contributed by atoms with Gasteiger partial charge in [0.15, 0.2) is 0 Å². The molecule has 0 aliphatic carbocycles. The van der Waals surface area contributed by atoms with Crippen molar-refractivity contribution in [2.24, 2.45) is 0 Å². The quantitative estimate of drug-likeness (QED) is 0.619. The minimum atomic E-state index is -0.264. The van der Waals surface area contributed by atoms with Crippen LogP contribution in [0.2, 0.25) is 5.02 Å². The monoisotopic (exact) mass is 301 g/mol. The average molecular weight is 302 g/mol. The van der Waals surface area contributed by atoms with E-state index in [4.69, 9.17) is 16.3 Å². The lowest BCUT2D eigenvalue weighted by Gasteiger charge is -2.18. The molecule has 1 N–H and O–H groups in total. The van der Waals surface area contributed by atoms with E-state index in [0.717, 1.165) is 15.7 Å². The Morgan fingerprint density at radius 1 is 1.42 bits per heavy atom. The smallest absolute Gasteiger partial charge is 0.322 e. The molecule has 0 radical (unpaired) electrons. The second-order valence-electron chi connectivity index (χ2n) is 4.46. The zero-order valence-electron chi connectivity index (χ0n) is 11.5. The van der Waals surface area contributed by atoms with Crippen LogP contribution in [0.1, 0.15) is 20.3 Å². The van der Waals surface area contributed by atoms with Crippen LogP contribution >= 0.6 is 23.4 Å². The molecule has 0 aliphatic heterocycles. The minimum Gasteiger partial charge on any atom is -0.468 e. The summed E-state index contributed by atoms with van der Waals surface area (Å²) >= 11 is 7.74. The number of carbonyl (C=O) groups is 1. The van der Waals surface area contributed by atoms with Crippen molar-refractivity contribution in [2.75, 3.05) is 12.9 Å². The first-order valence-electron chi connectivity index (χ1n) is 6.25. The Hall–Kier alpha value is -0.710. The fraction of sp³-hybridized carbons (Fsp3) is 0.500. The maximum Gasteiger partial charge on any atom is 0.322 e. The van der Waals surface area contributed by atoms with Crippen molar-refractivity contribution in [3.05, 3.63) is 29.3 Å². The fourth-order valence-corrected chi connectivity index (χ4v) is 2.92. The maximum absolute atomic E-state index is 11.6. The van der Waals surface area contributed by atoms with Gasteiger partial charge in [-0.3, -0.25) is 4.79 Å². The van der Waals surface area contributed by atoms with Crippen LogP contribution in [0.25, 0.3) is 0 Å². The molecule has 1 atom stereocenters. The normalized spacial score (nSPS) is 12.5. The van der Waals surface area contributed by atoms with E-state index in [9.17, 15) is 4.79 Å². The Bertz CT molecular complexity index is 412. The van der Waals surface area contributed by atoms with E-state index in [1.165, 1.54) is 7.11 Å². The number of benzene rings is 1. The summed E-state index contributed by atoms with van der Waals surface area (Å²) in [6, 6.07) is 7.70. The van der Waals surface area contributed by atoms with Crippen LogP contribution in [0.3, 0.4) is 0 Å². The summed E-state index contributed by atoms with van der Waals surface area (Å²) in [5.41, 5.74) is 0. The first kappa shape index (κ1) is 16.3. The Labute approximate surface area is 124 Å². The molecule has 1 aromatic rings. The van der Waals surface area contributed by atoms with E-state index in [-0.39, 0.29) is 18.1 Å². The lowest BCUT2D eigenvalue weighted by Crippen LogP contribution is -2.41. The minimum absolute atomic E-state index is 0.214. The van der Waals surface area contributed by atoms with Crippen molar-refractivity contribution in [1.82, 2.24) is 5.32 Å². The number of methoxy groups -OCH3 is 1. The lowest BCUT2D eigenvalue weighted by molar-refractivity contribution is -0.143. The summed E-state index contributed by atoms with van der Waals surface area (Å²) in [7, 11) is 1.42. The van der Waals surface area contributed by atoms with Crippen LogP contribution in [0.5, 0.6) is 0 Å². The van der Waals surface area contributed by atoms with Gasteiger partial charge in [-0.1, -0.05) is 37.6 Å². The SMILES string of the molecule is COC(=O)C(CCSc1ccccc1Cl)NC(C)C. The highest BCUT2D eigenvalue weighted by Crippen LogP contribution is 2.27. The number of hydrogen-bond acceptors (Lipinski definition) is 4. The summed E-state index contributed by atoms with van der Waals surface area (Å²) in [6.07, 6.45) is 0.709. The van der Waals surface area contributed by atoms with Crippen LogP contribution in [-0.2, 0) is 9.53 Å². The molecule has 5 heteroatoms. The van der Waals surface area contributed by atoms with Gasteiger partial charge in [-0.15, -0.1) is 11.8 Å². The number of hydrogen-bond donors (Lipinski definition) is 1. The highest BCUT2D eigenvalue weighted by atomic mass is 35.5. The molecule has 1 unspecified atom stereocenters. The number of halogens is 1. The molecule has 0 fully saturated rings. The van der Waals surface area contributed by atoms with Crippen molar-refractivity contribution >= 4 is 29.3 Å². The summed E-state index contributed by atoms with van der Waals surface area (Å²) < 4.78 is 4.80. The highest BCUT2D eigenvalue weighted by Gasteiger charge is 2.19. The predicted octanol–water partition coefficient (Wildman–Crippen LogP) is 3.36. The zero-order valence-corrected chi connectivity index (χ0v) is 13.1. The first-order valence-corrected chi connectivity index (χ1v) is 7.62. The second kappa shape index (κ2) is 8.46. The van der Waals surface area contributed by atoms with Crippen LogP contribution in [-0.4, -0.2) is 30.9 Å². The lowest BCUT2D eigenvalue weighted by atomic mass is 10.2. The molecule has 1 aromatic carbocycles. The van der Waals surface area contributed by atoms with Crippen molar-refractivity contribution < 1.29 is 9.53 Å². The second-order valence-corrected chi connectivity index (χ2v) is 6.01. The fourth-order valence-electron chi connectivity index (χ4n) is 1.66. The third-order valence-corrected chi connectivity index (χ3v) is 4.07. The van der Waals surface area contributed by atoms with E-state index < -0.39 is 0 Å². The Balaban J connectivity index is 2.48. The average Bonchev–Trinajstić information content (AvgIpc) is 2.38. The van der Waals surface area contributed by atoms with E-state index in [0.29, 0.717) is 6.42 Å². The third-order valence-electron chi connectivity index (χ3n) is 2.52. The molecule has 3 nitrogen and oxygen atoms in total. The summed E-state index contributed by atoms with van der Waals surface area (Å²) in [6.45, 7) is 4.02. The Morgan fingerprint density at radius 3 is 2.68 bits per heavy atom. The molecule has 19 heavy (non-hydrogen) atoms. The molecule has 0 aromatic heterocycles. The Morgan fingerprint density at radius 2 is 2.11 bits per heavy atom. The van der Waals surface area contributed by atoms with Crippen LogP contribution in [0, 0.1) is 0 Å². The largest absolute Gasteiger partial charge is 0.468 e. The number of nitrogens with one attached hydrogen (secondary N) is 1. The molecule has 0 saturated heterocycles. The van der Waals surface area contributed by atoms with E-state index in [1.54, 1.807) is 11.8 Å². The van der Waals surface area contributed by atoms with Crippen molar-refractivity contribution in [2.45, 2.75) is 37.2 Å². The predicted molar refractivity (Wildman–Crippen MR) is 80.9 cm³/mol. The molecule has 1 rings (SSSR count). The maximum atomic E-state index is 11.6. The van der Waals surface area contributed by atoms with E-state index >= 15 is 0 Å². The molecular weight excluding hydrogens is 282 g/mol. The summed E-state index contributed by atoms with van der Waals surface area (Å²) in [5.74, 6) is 0.594. The molecule has 0 bridgehead atoms. The van der Waals surface area contributed by atoms with Crippen molar-refractivity contribution in [1.29, 1.82) is 0 Å².